The van der Waals surface area contributed by atoms with Crippen molar-refractivity contribution in [3.63, 3.8) is 0 Å². The summed E-state index contributed by atoms with van der Waals surface area (Å²) in [6.07, 6.45) is 9.16. The van der Waals surface area contributed by atoms with Gasteiger partial charge < -0.3 is 19.6 Å². The number of aryl methyl sites for hydroxylation is 9. The maximum absolute atomic E-state index is 4.08. The van der Waals surface area contributed by atoms with Gasteiger partial charge >= 0.3 is 0 Å². The Balaban J connectivity index is 1.41. The largest absolute Gasteiger partial charge is 0.348 e. The molecule has 4 aromatic rings. The van der Waals surface area contributed by atoms with Gasteiger partial charge in [0, 0.05) is 36.0 Å². The van der Waals surface area contributed by atoms with Crippen LogP contribution in [0.4, 0.5) is 17.1 Å². The first kappa shape index (κ1) is 37.5. The van der Waals surface area contributed by atoms with Crippen molar-refractivity contribution in [3.05, 3.63) is 170 Å². The zero-order valence-electron chi connectivity index (χ0n) is 34.2. The number of hydrogen-bond acceptors (Lipinski definition) is 4. The molecule has 0 aromatic heterocycles. The molecule has 4 aromatic carbocycles. The highest BCUT2D eigenvalue weighted by Gasteiger charge is 2.30. The van der Waals surface area contributed by atoms with E-state index in [0.717, 1.165) is 25.5 Å². The Labute approximate surface area is 319 Å². The lowest BCUT2D eigenvalue weighted by molar-refractivity contribution is 0.459. The number of nitrogens with zero attached hydrogens (tertiary/aromatic N) is 4. The second kappa shape index (κ2) is 15.0. The fourth-order valence-electron chi connectivity index (χ4n) is 8.93. The van der Waals surface area contributed by atoms with Crippen LogP contribution in [0.1, 0.15) is 82.0 Å². The molecule has 0 spiro atoms. The van der Waals surface area contributed by atoms with Crippen molar-refractivity contribution in [1.82, 2.24) is 4.90 Å². The molecule has 2 aliphatic heterocycles. The summed E-state index contributed by atoms with van der Waals surface area (Å²) in [5, 5.41) is 0. The van der Waals surface area contributed by atoms with E-state index in [1.54, 1.807) is 0 Å². The zero-order valence-corrected chi connectivity index (χ0v) is 34.2. The Kier molecular flexibility index (Phi) is 10.6. The van der Waals surface area contributed by atoms with Gasteiger partial charge in [-0.15, -0.1) is 0 Å². The molecule has 0 saturated carbocycles. The third-order valence-corrected chi connectivity index (χ3v) is 10.4. The van der Waals surface area contributed by atoms with Crippen LogP contribution in [0.25, 0.3) is 11.4 Å². The second-order valence-corrected chi connectivity index (χ2v) is 15.9. The lowest BCUT2D eigenvalue weighted by atomic mass is 10.0. The van der Waals surface area contributed by atoms with Gasteiger partial charge in [0.1, 0.15) is 0 Å². The van der Waals surface area contributed by atoms with Crippen molar-refractivity contribution < 1.29 is 0 Å². The van der Waals surface area contributed by atoms with Gasteiger partial charge in [0.2, 0.25) is 0 Å². The van der Waals surface area contributed by atoms with Crippen LogP contribution in [0.2, 0.25) is 0 Å². The molecule has 4 heteroatoms. The van der Waals surface area contributed by atoms with Crippen LogP contribution in [0.5, 0.6) is 0 Å². The van der Waals surface area contributed by atoms with Crippen molar-refractivity contribution in [2.24, 2.45) is 0 Å². The van der Waals surface area contributed by atoms with Crippen molar-refractivity contribution in [1.29, 1.82) is 0 Å². The van der Waals surface area contributed by atoms with Gasteiger partial charge in [-0.25, -0.2) is 0 Å². The highest BCUT2D eigenvalue weighted by molar-refractivity contribution is 5.88. The van der Waals surface area contributed by atoms with Gasteiger partial charge in [0.15, 0.2) is 0 Å². The molecule has 0 saturated heterocycles. The molecule has 4 nitrogen and oxygen atoms in total. The number of benzene rings is 4. The van der Waals surface area contributed by atoms with Gasteiger partial charge in [-0.05, 0) is 128 Å². The lowest BCUT2D eigenvalue weighted by Crippen LogP contribution is -2.29. The van der Waals surface area contributed by atoms with Crippen molar-refractivity contribution in [2.75, 3.05) is 34.6 Å². The smallest absolute Gasteiger partial charge is 0.0996 e. The molecule has 2 heterocycles. The van der Waals surface area contributed by atoms with Gasteiger partial charge in [-0.3, -0.25) is 0 Å². The maximum Gasteiger partial charge on any atom is 0.0996 e. The Morgan fingerprint density at radius 2 is 0.943 bits per heavy atom. The minimum absolute atomic E-state index is 0.764. The summed E-state index contributed by atoms with van der Waals surface area (Å²) in [5.74, 6) is 0. The quantitative estimate of drug-likeness (QED) is 0.161. The predicted octanol–water partition coefficient (Wildman–Crippen LogP) is 12.3. The molecule has 0 unspecified atom stereocenters. The normalized spacial score (nSPS) is 15.1. The van der Waals surface area contributed by atoms with Gasteiger partial charge in [0.25, 0.3) is 0 Å². The lowest BCUT2D eigenvalue weighted by Gasteiger charge is -2.29. The Morgan fingerprint density at radius 3 is 1.40 bits per heavy atom. The minimum atomic E-state index is 0.764. The zero-order chi connectivity index (χ0) is 38.3. The van der Waals surface area contributed by atoms with Crippen LogP contribution >= 0.6 is 0 Å². The average Bonchev–Trinajstić information content (AvgIpc) is 3.64. The monoisotopic (exact) mass is 702 g/mol. The molecular formula is C49H58N4. The summed E-state index contributed by atoms with van der Waals surface area (Å²) in [4.78, 5) is 9.90. The van der Waals surface area contributed by atoms with E-state index in [-0.39, 0.29) is 0 Å². The Hall–Kier alpha value is -5.22. The van der Waals surface area contributed by atoms with E-state index in [0.29, 0.717) is 0 Å². The van der Waals surface area contributed by atoms with E-state index < -0.39 is 0 Å². The van der Waals surface area contributed by atoms with Crippen LogP contribution in [-0.4, -0.2) is 24.8 Å². The highest BCUT2D eigenvalue weighted by atomic mass is 15.4. The molecule has 0 fully saturated rings. The molecule has 0 atom stereocenters. The van der Waals surface area contributed by atoms with Crippen molar-refractivity contribution >= 4 is 28.5 Å². The number of allylic oxidation sites excluding steroid dienone is 4. The average molecular weight is 703 g/mol. The van der Waals surface area contributed by atoms with E-state index in [1.165, 1.54) is 101 Å². The molecule has 2 aliphatic rings. The maximum atomic E-state index is 4.08. The fraction of sp³-hybridized carbons (Fsp3) is 0.306. The fourth-order valence-corrected chi connectivity index (χ4v) is 8.93. The molecule has 0 amide bonds. The van der Waals surface area contributed by atoms with Crippen LogP contribution in [0.15, 0.2) is 109 Å². The predicted molar refractivity (Wildman–Crippen MR) is 231 cm³/mol. The summed E-state index contributed by atoms with van der Waals surface area (Å²) in [6, 6.07) is 23.1. The third kappa shape index (κ3) is 7.93. The van der Waals surface area contributed by atoms with Crippen LogP contribution < -0.4 is 14.7 Å². The molecule has 6 rings (SSSR count). The Bertz CT molecular complexity index is 2140. The number of anilines is 3. The van der Waals surface area contributed by atoms with Gasteiger partial charge in [-0.2, -0.15) is 0 Å². The Morgan fingerprint density at radius 1 is 0.547 bits per heavy atom. The van der Waals surface area contributed by atoms with Crippen LogP contribution in [0, 0.1) is 62.3 Å². The molecule has 0 aliphatic carbocycles. The molecule has 53 heavy (non-hydrogen) atoms. The molecule has 0 N–H and O–H groups in total. The molecular weight excluding hydrogens is 645 g/mol. The number of hydrogen-bond donors (Lipinski definition) is 0. The third-order valence-electron chi connectivity index (χ3n) is 10.4. The van der Waals surface area contributed by atoms with Crippen molar-refractivity contribution in [3.8, 4) is 0 Å². The number of rotatable bonds is 9. The van der Waals surface area contributed by atoms with Gasteiger partial charge in [0.05, 0.1) is 24.7 Å². The first-order chi connectivity index (χ1) is 25.1. The molecule has 0 bridgehead atoms. The topological polar surface area (TPSA) is 13.0 Å². The summed E-state index contributed by atoms with van der Waals surface area (Å²) in [5.41, 5.74) is 24.1. The standard InChI is InChI=1S/C49H58N4/c1-31(2)18-32(3)19-36(7)26-50-29-51(47-37(8)20-33(4)21-38(47)9)27-45(50)43-14-16-44(17-15-43)46-28-52(48-39(10)22-34(5)23-40(48)11)30-53(46)49-41(12)24-35(6)25-42(49)13/h14-25,27-28H,1,26,29-30H2,2-13H3/b32-18-,36-19-. The summed E-state index contributed by atoms with van der Waals surface area (Å²) >= 11 is 0. The van der Waals surface area contributed by atoms with E-state index in [4.69, 9.17) is 0 Å². The summed E-state index contributed by atoms with van der Waals surface area (Å²) in [7, 11) is 0. The summed E-state index contributed by atoms with van der Waals surface area (Å²) in [6.45, 7) is 32.9. The van der Waals surface area contributed by atoms with E-state index in [9.17, 15) is 0 Å². The second-order valence-electron chi connectivity index (χ2n) is 15.9. The van der Waals surface area contributed by atoms with Crippen LogP contribution in [-0.2, 0) is 0 Å². The van der Waals surface area contributed by atoms with E-state index >= 15 is 0 Å². The minimum Gasteiger partial charge on any atom is -0.348 e. The van der Waals surface area contributed by atoms with Gasteiger partial charge in [-0.1, -0.05) is 113 Å². The highest BCUT2D eigenvalue weighted by Crippen LogP contribution is 2.41. The molecule has 0 radical (unpaired) electrons. The van der Waals surface area contributed by atoms with Crippen LogP contribution in [0.3, 0.4) is 0 Å². The van der Waals surface area contributed by atoms with E-state index in [2.05, 4.69) is 188 Å². The van der Waals surface area contributed by atoms with E-state index in [1.807, 2.05) is 6.92 Å². The first-order valence-corrected chi connectivity index (χ1v) is 18.9. The summed E-state index contributed by atoms with van der Waals surface area (Å²) < 4.78 is 0. The molecule has 274 valence electrons. The first-order valence-electron chi connectivity index (χ1n) is 18.9. The SMILES string of the molecule is C=C(C)/C=C(C)\C=C(\C)CN1CN(c2c(C)cc(C)cc2C)C=C1c1ccc(C2=CN(c3c(C)cc(C)cc3C)CN2c2c(C)cc(C)cc2C)cc1. The van der Waals surface area contributed by atoms with Crippen molar-refractivity contribution in [2.45, 2.75) is 83.1 Å².